The molecule has 40 heavy (non-hydrogen) atoms. The number of anilines is 1. The predicted octanol–water partition coefficient (Wildman–Crippen LogP) is 2.54. The van der Waals surface area contributed by atoms with Crippen molar-refractivity contribution in [2.24, 2.45) is 0 Å². The number of amides is 2. The summed E-state index contributed by atoms with van der Waals surface area (Å²) in [5.74, 6) is -1.88. The molecule has 6 N–H and O–H groups in total. The molecular weight excluding hydrogens is 537 g/mol. The van der Waals surface area contributed by atoms with Crippen molar-refractivity contribution in [1.82, 2.24) is 20.5 Å². The van der Waals surface area contributed by atoms with Crippen LogP contribution in [0.3, 0.4) is 0 Å². The van der Waals surface area contributed by atoms with Crippen LogP contribution >= 0.6 is 7.60 Å². The molecule has 220 valence electrons. The number of aliphatic carboxylic acids is 1. The molecular formula is C27H40N5O7P. The average molecular weight is 578 g/mol. The van der Waals surface area contributed by atoms with Crippen molar-refractivity contribution in [1.29, 1.82) is 0 Å². The number of aromatic nitrogens is 1. The van der Waals surface area contributed by atoms with Crippen molar-refractivity contribution >= 4 is 31.1 Å². The maximum Gasteiger partial charge on any atom is 0.328 e. The lowest BCUT2D eigenvalue weighted by molar-refractivity contribution is -0.137. The number of hydrogen-bond acceptors (Lipinski definition) is 7. The highest BCUT2D eigenvalue weighted by atomic mass is 31.2. The van der Waals surface area contributed by atoms with Crippen molar-refractivity contribution in [3.05, 3.63) is 48.2 Å². The van der Waals surface area contributed by atoms with Gasteiger partial charge in [-0.15, -0.1) is 0 Å². The Morgan fingerprint density at radius 2 is 1.75 bits per heavy atom. The van der Waals surface area contributed by atoms with Crippen molar-refractivity contribution in [3.8, 4) is 11.3 Å². The Morgan fingerprint density at radius 1 is 1.07 bits per heavy atom. The van der Waals surface area contributed by atoms with Gasteiger partial charge < -0.3 is 35.7 Å². The number of nitrogens with zero attached hydrogens (tertiary/aromatic N) is 2. The first-order valence-electron chi connectivity index (χ1n) is 13.4. The third-order valence-electron chi connectivity index (χ3n) is 5.90. The van der Waals surface area contributed by atoms with E-state index < -0.39 is 37.6 Å². The van der Waals surface area contributed by atoms with Crippen LogP contribution in [0.25, 0.3) is 11.3 Å². The van der Waals surface area contributed by atoms with Gasteiger partial charge in [0.05, 0.1) is 11.9 Å². The minimum Gasteiger partial charge on any atom is -0.481 e. The Balaban J connectivity index is 0.000000708. The van der Waals surface area contributed by atoms with E-state index in [1.54, 1.807) is 6.07 Å². The Bertz CT molecular complexity index is 1150. The third kappa shape index (κ3) is 11.8. The van der Waals surface area contributed by atoms with E-state index in [1.807, 2.05) is 50.2 Å². The van der Waals surface area contributed by atoms with Gasteiger partial charge in [0.2, 0.25) is 5.91 Å². The van der Waals surface area contributed by atoms with Gasteiger partial charge in [-0.3, -0.25) is 18.9 Å². The Hall–Kier alpha value is -3.31. The van der Waals surface area contributed by atoms with Gasteiger partial charge >= 0.3 is 13.6 Å². The molecule has 2 aromatic rings. The van der Waals surface area contributed by atoms with Gasteiger partial charge in [0.1, 0.15) is 11.7 Å². The maximum atomic E-state index is 13.1. The number of nitrogens with one attached hydrogen (secondary N) is 3. The smallest absolute Gasteiger partial charge is 0.328 e. The van der Waals surface area contributed by atoms with Crippen LogP contribution < -0.4 is 16.0 Å². The third-order valence-corrected chi connectivity index (χ3v) is 6.74. The van der Waals surface area contributed by atoms with Crippen LogP contribution in [0, 0.1) is 0 Å². The molecule has 1 unspecified atom stereocenters. The van der Waals surface area contributed by atoms with E-state index in [4.69, 9.17) is 5.11 Å². The quantitative estimate of drug-likeness (QED) is 0.205. The number of hydrogen-bond donors (Lipinski definition) is 6. The predicted molar refractivity (Wildman–Crippen MR) is 153 cm³/mol. The molecule has 1 saturated heterocycles. The highest BCUT2D eigenvalue weighted by Crippen LogP contribution is 2.35. The van der Waals surface area contributed by atoms with Gasteiger partial charge in [-0.05, 0) is 25.0 Å². The molecule has 0 radical (unpaired) electrons. The molecule has 0 saturated carbocycles. The molecule has 1 aliphatic heterocycles. The van der Waals surface area contributed by atoms with Crippen molar-refractivity contribution in [2.45, 2.75) is 45.6 Å². The lowest BCUT2D eigenvalue weighted by atomic mass is 10.1. The zero-order valence-electron chi connectivity index (χ0n) is 23.0. The summed E-state index contributed by atoms with van der Waals surface area (Å²) in [5.41, 5.74) is 2.13. The van der Waals surface area contributed by atoms with E-state index in [0.29, 0.717) is 50.5 Å². The van der Waals surface area contributed by atoms with Gasteiger partial charge in [-0.2, -0.15) is 0 Å². The first-order chi connectivity index (χ1) is 19.0. The maximum absolute atomic E-state index is 13.1. The van der Waals surface area contributed by atoms with Gasteiger partial charge in [0.15, 0.2) is 0 Å². The fourth-order valence-corrected chi connectivity index (χ4v) is 4.59. The Kier molecular flexibility index (Phi) is 13.7. The molecule has 0 spiro atoms. The van der Waals surface area contributed by atoms with E-state index >= 15 is 0 Å². The van der Waals surface area contributed by atoms with Crippen LogP contribution in [0.5, 0.6) is 0 Å². The molecule has 1 aliphatic rings. The highest BCUT2D eigenvalue weighted by molar-refractivity contribution is 7.51. The molecule has 12 nitrogen and oxygen atoms in total. The fraction of sp³-hybridized carbons (Fsp3) is 0.481. The van der Waals surface area contributed by atoms with Crippen LogP contribution in [-0.2, 0) is 14.2 Å². The molecule has 1 atom stereocenters. The van der Waals surface area contributed by atoms with Gasteiger partial charge in [0.25, 0.3) is 5.91 Å². The molecule has 0 bridgehead atoms. The molecule has 1 aromatic heterocycles. The summed E-state index contributed by atoms with van der Waals surface area (Å²) in [6, 6.07) is 11.4. The first kappa shape index (κ1) is 32.9. The van der Waals surface area contributed by atoms with E-state index in [2.05, 4.69) is 20.9 Å². The summed E-state index contributed by atoms with van der Waals surface area (Å²) < 4.78 is 11.7. The Morgan fingerprint density at radius 3 is 2.30 bits per heavy atom. The highest BCUT2D eigenvalue weighted by Gasteiger charge is 2.33. The summed E-state index contributed by atoms with van der Waals surface area (Å²) in [7, 11) is -4.57. The molecule has 1 fully saturated rings. The molecule has 2 amide bonds. The van der Waals surface area contributed by atoms with E-state index in [-0.39, 0.29) is 5.69 Å². The lowest BCUT2D eigenvalue weighted by Gasteiger charge is -2.31. The number of piperazine rings is 1. The van der Waals surface area contributed by atoms with Crippen molar-refractivity contribution in [2.75, 3.05) is 44.2 Å². The minimum atomic E-state index is -4.57. The monoisotopic (exact) mass is 577 g/mol. The molecule has 2 heterocycles. The minimum absolute atomic E-state index is 0.0544. The van der Waals surface area contributed by atoms with Gasteiger partial charge in [0, 0.05) is 50.4 Å². The number of carboxylic acids is 1. The van der Waals surface area contributed by atoms with Gasteiger partial charge in [-0.1, -0.05) is 50.6 Å². The molecule has 1 aromatic carbocycles. The second-order valence-electron chi connectivity index (χ2n) is 9.36. The van der Waals surface area contributed by atoms with Crippen molar-refractivity contribution in [3.63, 3.8) is 0 Å². The number of unbranched alkanes of at least 4 members (excludes halogenated alkanes) is 1. The largest absolute Gasteiger partial charge is 0.481 e. The molecule has 0 aliphatic carbocycles. The number of rotatable bonds is 12. The number of carbonyl (C=O) groups is 3. The zero-order valence-corrected chi connectivity index (χ0v) is 23.9. The van der Waals surface area contributed by atoms with Crippen LogP contribution in [0.2, 0.25) is 0 Å². The average Bonchev–Trinajstić information content (AvgIpc) is 2.94. The summed E-state index contributed by atoms with van der Waals surface area (Å²) in [4.78, 5) is 60.8. The molecule has 3 rings (SSSR count). The first-order valence-corrected chi connectivity index (χ1v) is 15.2. The summed E-state index contributed by atoms with van der Waals surface area (Å²) in [6.45, 7) is 6.65. The van der Waals surface area contributed by atoms with E-state index in [0.717, 1.165) is 24.8 Å². The second kappa shape index (κ2) is 16.7. The normalized spacial score (nSPS) is 13.9. The lowest BCUT2D eigenvalue weighted by Crippen LogP contribution is -2.55. The Labute approximate surface area is 234 Å². The summed E-state index contributed by atoms with van der Waals surface area (Å²) in [6.07, 6.45) is 2.19. The number of carbonyl (C=O) groups excluding carboxylic acids is 2. The van der Waals surface area contributed by atoms with Crippen molar-refractivity contribution < 1.29 is 33.8 Å². The van der Waals surface area contributed by atoms with Crippen LogP contribution in [0.4, 0.5) is 5.69 Å². The number of benzene rings is 1. The van der Waals surface area contributed by atoms with Gasteiger partial charge in [-0.25, -0.2) is 4.98 Å². The number of pyridine rings is 1. The van der Waals surface area contributed by atoms with E-state index in [1.165, 1.54) is 4.90 Å². The zero-order chi connectivity index (χ0) is 29.5. The molecule has 13 heteroatoms. The summed E-state index contributed by atoms with van der Waals surface area (Å²) in [5, 5.41) is 16.9. The standard InChI is InChI=1S/C22H30N5O5P.C5H10O2/c1-2-8-24-17-13-18(16-6-4-3-5-7-16)25-19(14-17)21(28)26-20(15-33(30,31)32)22(29)27-11-9-23-10-12-27;1-2-3-4-5(6)7/h3-7,13-14,20,23H,2,8-12,15H2,1H3,(H,24,25)(H,26,28)(H2,30,31,32);2-4H2,1H3,(H,6,7). The van der Waals surface area contributed by atoms with E-state index in [9.17, 15) is 28.7 Å². The van der Waals surface area contributed by atoms with Crippen LogP contribution in [0.15, 0.2) is 42.5 Å². The second-order valence-corrected chi connectivity index (χ2v) is 11.1. The number of carboxylic acid groups (broad SMARTS) is 1. The van der Waals surface area contributed by atoms with Crippen LogP contribution in [0.1, 0.15) is 50.0 Å². The summed E-state index contributed by atoms with van der Waals surface area (Å²) >= 11 is 0. The fourth-order valence-electron chi connectivity index (χ4n) is 3.86. The topological polar surface area (TPSA) is 181 Å². The SMILES string of the molecule is CCCCC(=O)O.CCCNc1cc(C(=O)NC(CP(=O)(O)O)C(=O)N2CCNCC2)nc(-c2ccccc2)c1. The van der Waals surface area contributed by atoms with Crippen LogP contribution in [-0.4, -0.2) is 87.5 Å².